The Morgan fingerprint density at radius 1 is 1.09 bits per heavy atom. The van der Waals surface area contributed by atoms with Gasteiger partial charge in [0.2, 0.25) is 5.95 Å². The predicted octanol–water partition coefficient (Wildman–Crippen LogP) is 5.83. The number of piperidine rings is 1. The van der Waals surface area contributed by atoms with Crippen LogP contribution in [0.25, 0.3) is 31.4 Å². The average molecular weight is 537 g/mol. The molecule has 0 saturated carbocycles. The smallest absolute Gasteiger partial charge is 0.219 e. The Bertz CT molecular complexity index is 1330. The zero-order chi connectivity index (χ0) is 24.4. The lowest BCUT2D eigenvalue weighted by Gasteiger charge is -2.48. The highest BCUT2D eigenvalue weighted by atomic mass is 35.5. The molecule has 7 nitrogen and oxygen atoms in total. The highest BCUT2D eigenvalue weighted by Crippen LogP contribution is 2.41. The first-order chi connectivity index (χ1) is 15.9. The summed E-state index contributed by atoms with van der Waals surface area (Å²) in [7, 11) is 3.66. The summed E-state index contributed by atoms with van der Waals surface area (Å²) in [5.41, 5.74) is 1.65. The number of aryl methyl sites for hydroxylation is 1. The molecule has 11 heteroatoms. The minimum Gasteiger partial charge on any atom is -0.507 e. The lowest BCUT2D eigenvalue weighted by Crippen LogP contribution is -2.61. The molecule has 188 valence electrons. The molecule has 1 aliphatic rings. The quantitative estimate of drug-likeness (QED) is 0.341. The Morgan fingerprint density at radius 3 is 2.31 bits per heavy atom. The fourth-order valence-corrected chi connectivity index (χ4v) is 7.20. The summed E-state index contributed by atoms with van der Waals surface area (Å²) in [5.74, 6) is -0.387. The number of fused-ring (bicyclic) bond motifs is 1. The van der Waals surface area contributed by atoms with Crippen LogP contribution in [0.3, 0.4) is 0 Å². The fraction of sp³-hybridized carbons (Fsp3) is 0.458. The number of benzene rings is 1. The Balaban J connectivity index is 0.00000289. The summed E-state index contributed by atoms with van der Waals surface area (Å²) >= 11 is 3.03. The summed E-state index contributed by atoms with van der Waals surface area (Å²) in [6, 6.07) is 5.48. The Morgan fingerprint density at radius 2 is 1.74 bits per heavy atom. The number of phenolic OH excluding ortho intramolecular Hbond substituents is 1. The zero-order valence-corrected chi connectivity index (χ0v) is 23.0. The molecule has 0 bridgehead atoms. The van der Waals surface area contributed by atoms with Crippen LogP contribution in [-0.2, 0) is 7.05 Å². The molecule has 4 aromatic rings. The predicted molar refractivity (Wildman–Crippen MR) is 145 cm³/mol. The lowest BCUT2D eigenvalue weighted by atomic mass is 9.79. The first-order valence-electron chi connectivity index (χ1n) is 11.2. The van der Waals surface area contributed by atoms with E-state index in [4.69, 9.17) is 9.97 Å². The normalized spacial score (nSPS) is 17.5. The number of nitrogens with one attached hydrogen (secondary N) is 1. The maximum absolute atomic E-state index is 14.2. The summed E-state index contributed by atoms with van der Waals surface area (Å²) < 4.78 is 15.4. The number of rotatable bonds is 4. The van der Waals surface area contributed by atoms with Crippen LogP contribution in [0, 0.1) is 5.95 Å². The zero-order valence-electron chi connectivity index (χ0n) is 20.6. The number of hydrogen-bond acceptors (Lipinski definition) is 8. The molecule has 0 radical (unpaired) electrons. The van der Waals surface area contributed by atoms with E-state index in [-0.39, 0.29) is 29.2 Å². The highest BCUT2D eigenvalue weighted by molar-refractivity contribution is 7.29. The van der Waals surface area contributed by atoms with Gasteiger partial charge in [-0.15, -0.1) is 12.4 Å². The van der Waals surface area contributed by atoms with E-state index in [0.717, 1.165) is 27.6 Å². The van der Waals surface area contributed by atoms with Gasteiger partial charge >= 0.3 is 0 Å². The van der Waals surface area contributed by atoms with Gasteiger partial charge in [-0.1, -0.05) is 28.7 Å². The number of aromatic hydroxyl groups is 1. The van der Waals surface area contributed by atoms with Crippen molar-refractivity contribution in [1.29, 1.82) is 0 Å². The van der Waals surface area contributed by atoms with Gasteiger partial charge in [-0.05, 0) is 58.2 Å². The van der Waals surface area contributed by atoms with Crippen LogP contribution in [0.2, 0.25) is 0 Å². The molecule has 5 rings (SSSR count). The van der Waals surface area contributed by atoms with Crippen LogP contribution in [0.1, 0.15) is 40.5 Å². The maximum atomic E-state index is 14.2. The molecule has 3 aromatic heterocycles. The van der Waals surface area contributed by atoms with Crippen LogP contribution in [0.4, 0.5) is 9.52 Å². The topological polar surface area (TPSA) is 79.1 Å². The largest absolute Gasteiger partial charge is 0.507 e. The van der Waals surface area contributed by atoms with Gasteiger partial charge in [-0.2, -0.15) is 9.49 Å². The van der Waals surface area contributed by atoms with Crippen molar-refractivity contribution in [3.8, 4) is 27.4 Å². The van der Waals surface area contributed by atoms with Crippen LogP contribution >= 0.6 is 35.1 Å². The second-order valence-corrected chi connectivity index (χ2v) is 12.3. The molecular weight excluding hydrogens is 507 g/mol. The first kappa shape index (κ1) is 25.8. The molecule has 1 saturated heterocycles. The van der Waals surface area contributed by atoms with Crippen molar-refractivity contribution in [2.45, 2.75) is 57.7 Å². The van der Waals surface area contributed by atoms with Crippen LogP contribution < -0.4 is 10.2 Å². The third-order valence-corrected chi connectivity index (χ3v) is 8.54. The number of nitrogens with zero attached hydrogens (tertiary/aromatic N) is 5. The van der Waals surface area contributed by atoms with Crippen LogP contribution in [-0.4, -0.2) is 49.0 Å². The third kappa shape index (κ3) is 4.89. The average Bonchev–Trinajstić information content (AvgIpc) is 3.39. The molecule has 4 heterocycles. The lowest BCUT2D eigenvalue weighted by molar-refractivity contribution is 0.161. The van der Waals surface area contributed by atoms with Gasteiger partial charge < -0.3 is 15.3 Å². The van der Waals surface area contributed by atoms with Gasteiger partial charge in [-0.25, -0.2) is 14.6 Å². The molecule has 0 amide bonds. The molecule has 0 atom stereocenters. The van der Waals surface area contributed by atoms with Crippen molar-refractivity contribution in [2.24, 2.45) is 7.05 Å². The van der Waals surface area contributed by atoms with E-state index < -0.39 is 5.95 Å². The standard InChI is InChI=1S/C24H29FN6OS2.ClH/c1-23(2)10-14(11-24(3,4)29-23)30(5)22-28-21-20(34-22)27-19(33-21)15-8-7-13(9-17(15)32)16-12-26-31(6)18(16)25;/h7-9,12,14,29,32H,10-11H2,1-6H3;1H. The van der Waals surface area contributed by atoms with E-state index in [1.165, 1.54) is 22.2 Å². The fourth-order valence-electron chi connectivity index (χ4n) is 5.09. The van der Waals surface area contributed by atoms with Crippen LogP contribution in [0.5, 0.6) is 5.75 Å². The van der Waals surface area contributed by atoms with Gasteiger partial charge in [-0.3, -0.25) is 0 Å². The number of hydrogen-bond donors (Lipinski definition) is 2. The van der Waals surface area contributed by atoms with Gasteiger partial charge in [0, 0.05) is 31.2 Å². The van der Waals surface area contributed by atoms with Crippen molar-refractivity contribution in [3.05, 3.63) is 30.3 Å². The molecule has 2 N–H and O–H groups in total. The first-order valence-corrected chi connectivity index (χ1v) is 12.9. The Labute approximate surface area is 218 Å². The number of aromatic nitrogens is 4. The second-order valence-electron chi connectivity index (χ2n) is 10.4. The van der Waals surface area contributed by atoms with E-state index in [9.17, 15) is 9.50 Å². The number of halogens is 2. The monoisotopic (exact) mass is 536 g/mol. The van der Waals surface area contributed by atoms with E-state index >= 15 is 0 Å². The van der Waals surface area contributed by atoms with Gasteiger partial charge in [0.25, 0.3) is 0 Å². The summed E-state index contributed by atoms with van der Waals surface area (Å²) in [6.07, 6.45) is 3.53. The minimum atomic E-state index is -0.441. The number of phenols is 1. The van der Waals surface area contributed by atoms with Crippen molar-refractivity contribution < 1.29 is 9.50 Å². The molecule has 0 aliphatic carbocycles. The number of thiazole rings is 2. The second kappa shape index (κ2) is 8.99. The molecule has 1 fully saturated rings. The third-order valence-electron chi connectivity index (χ3n) is 6.39. The highest BCUT2D eigenvalue weighted by Gasteiger charge is 2.39. The molecule has 0 unspecified atom stereocenters. The van der Waals surface area contributed by atoms with Gasteiger partial charge in [0.15, 0.2) is 14.8 Å². The minimum absolute atomic E-state index is 0. The molecular formula is C24H30ClFN6OS2. The summed E-state index contributed by atoms with van der Waals surface area (Å²) in [5, 5.41) is 20.0. The summed E-state index contributed by atoms with van der Waals surface area (Å²) in [6.45, 7) is 9.01. The van der Waals surface area contributed by atoms with Gasteiger partial charge in [0.05, 0.1) is 17.3 Å². The van der Waals surface area contributed by atoms with Crippen molar-refractivity contribution >= 4 is 49.9 Å². The summed E-state index contributed by atoms with van der Waals surface area (Å²) in [4.78, 5) is 13.6. The van der Waals surface area contributed by atoms with Crippen LogP contribution in [0.15, 0.2) is 24.4 Å². The Hall–Kier alpha value is -2.27. The molecule has 1 aromatic carbocycles. The Kier molecular flexibility index (Phi) is 6.63. The van der Waals surface area contributed by atoms with E-state index in [0.29, 0.717) is 27.7 Å². The molecule has 1 aliphatic heterocycles. The van der Waals surface area contributed by atoms with E-state index in [1.54, 1.807) is 36.6 Å². The molecule has 35 heavy (non-hydrogen) atoms. The van der Waals surface area contributed by atoms with Crippen molar-refractivity contribution in [1.82, 2.24) is 25.1 Å². The molecule has 0 spiro atoms. The van der Waals surface area contributed by atoms with E-state index in [2.05, 4.69) is 50.1 Å². The van der Waals surface area contributed by atoms with Crippen molar-refractivity contribution in [2.75, 3.05) is 11.9 Å². The van der Waals surface area contributed by atoms with E-state index in [1.807, 2.05) is 0 Å². The van der Waals surface area contributed by atoms with Gasteiger partial charge in [0.1, 0.15) is 10.8 Å². The maximum Gasteiger partial charge on any atom is 0.219 e. The number of anilines is 1. The van der Waals surface area contributed by atoms with Crippen molar-refractivity contribution in [3.63, 3.8) is 0 Å². The SMILES string of the molecule is CN(c1nc2sc(-c3ccc(-c4cnn(C)c4F)cc3O)nc2s1)C1CC(C)(C)NC(C)(C)C1.Cl.